The number of nitrogens with one attached hydrogen (secondary N) is 1. The molecule has 0 bridgehead atoms. The van der Waals surface area contributed by atoms with E-state index in [1.54, 1.807) is 19.5 Å². The average molecular weight is 509 g/mol. The van der Waals surface area contributed by atoms with Crippen molar-refractivity contribution in [2.75, 3.05) is 38.7 Å². The molecule has 5 heterocycles. The molecule has 2 aliphatic rings. The van der Waals surface area contributed by atoms with Gasteiger partial charge in [-0.1, -0.05) is 6.07 Å². The number of hydrogen-bond donors (Lipinski definition) is 1. The van der Waals surface area contributed by atoms with E-state index in [9.17, 15) is 4.79 Å². The third kappa shape index (κ3) is 4.78. The molecule has 38 heavy (non-hydrogen) atoms. The van der Waals surface area contributed by atoms with Crippen molar-refractivity contribution in [1.82, 2.24) is 29.6 Å². The Morgan fingerprint density at radius 3 is 2.84 bits per heavy atom. The average Bonchev–Trinajstić information content (AvgIpc) is 3.40. The number of nitrogens with zero attached hydrogens (tertiary/aromatic N) is 6. The predicted octanol–water partition coefficient (Wildman–Crippen LogP) is 4.40. The van der Waals surface area contributed by atoms with Gasteiger partial charge < -0.3 is 15.0 Å². The van der Waals surface area contributed by atoms with Crippen molar-refractivity contribution in [1.29, 1.82) is 0 Å². The number of fused-ring (bicyclic) bond motifs is 2. The number of carbonyl (C=O) groups excluding carboxylic acids is 1. The van der Waals surface area contributed by atoms with Crippen LogP contribution in [0.2, 0.25) is 0 Å². The predicted molar refractivity (Wildman–Crippen MR) is 146 cm³/mol. The molecule has 1 saturated heterocycles. The van der Waals surface area contributed by atoms with Crippen LogP contribution in [0.3, 0.4) is 0 Å². The van der Waals surface area contributed by atoms with Crippen LogP contribution in [0, 0.1) is 6.92 Å². The highest BCUT2D eigenvalue weighted by Crippen LogP contribution is 2.34. The Labute approximate surface area is 221 Å². The number of anilines is 2. The van der Waals surface area contributed by atoms with Gasteiger partial charge in [-0.15, -0.1) is 0 Å². The minimum absolute atomic E-state index is 0.305. The Morgan fingerprint density at radius 1 is 1.16 bits per heavy atom. The lowest BCUT2D eigenvalue weighted by Gasteiger charge is -2.32. The van der Waals surface area contributed by atoms with Gasteiger partial charge in [0.1, 0.15) is 5.82 Å². The van der Waals surface area contributed by atoms with Crippen LogP contribution in [0.25, 0.3) is 23.1 Å². The van der Waals surface area contributed by atoms with Crippen LogP contribution in [0.1, 0.15) is 45.8 Å². The van der Waals surface area contributed by atoms with Gasteiger partial charge in [0.15, 0.2) is 0 Å². The molecule has 1 aromatic carbocycles. The van der Waals surface area contributed by atoms with Gasteiger partial charge in [-0.3, -0.25) is 9.20 Å². The van der Waals surface area contributed by atoms with Crippen LogP contribution in [0.15, 0.2) is 55.3 Å². The maximum atomic E-state index is 12.8. The summed E-state index contributed by atoms with van der Waals surface area (Å²) in [5.41, 5.74) is 6.30. The number of imidazole rings is 1. The molecule has 4 aromatic rings. The van der Waals surface area contributed by atoms with E-state index in [1.807, 2.05) is 28.9 Å². The molecule has 1 amide bonds. The Balaban J connectivity index is 1.28. The molecule has 1 radical (unpaired) electrons. The summed E-state index contributed by atoms with van der Waals surface area (Å²) in [6, 6.07) is 8.34. The van der Waals surface area contributed by atoms with Crippen LogP contribution < -0.4 is 10.6 Å². The van der Waals surface area contributed by atoms with E-state index in [0.717, 1.165) is 55.9 Å². The third-order valence-corrected chi connectivity index (χ3v) is 7.42. The van der Waals surface area contributed by atoms with Gasteiger partial charge in [-0.25, -0.2) is 20.3 Å². The van der Waals surface area contributed by atoms with E-state index in [1.165, 1.54) is 17.3 Å². The van der Waals surface area contributed by atoms with Crippen LogP contribution in [0.4, 0.5) is 11.5 Å². The molecule has 0 unspecified atom stereocenters. The summed E-state index contributed by atoms with van der Waals surface area (Å²) in [4.78, 5) is 28.7. The Kier molecular flexibility index (Phi) is 6.61. The molecule has 0 spiro atoms. The largest absolute Gasteiger partial charge is 0.383 e. The second kappa shape index (κ2) is 10.4. The van der Waals surface area contributed by atoms with Gasteiger partial charge in [0.2, 0.25) is 5.78 Å². The lowest BCUT2D eigenvalue weighted by molar-refractivity contribution is 0.0965. The number of benzene rings is 1. The summed E-state index contributed by atoms with van der Waals surface area (Å²) in [6.45, 7) is 6.12. The lowest BCUT2D eigenvalue weighted by atomic mass is 9.86. The van der Waals surface area contributed by atoms with Crippen molar-refractivity contribution in [3.63, 3.8) is 0 Å². The maximum Gasteiger partial charge on any atom is 0.281 e. The first-order chi connectivity index (χ1) is 18.6. The number of pyridine rings is 1. The summed E-state index contributed by atoms with van der Waals surface area (Å²) in [6.07, 6.45) is 12.9. The number of rotatable bonds is 7. The monoisotopic (exact) mass is 508 g/mol. The number of carbonyl (C=O) groups is 1. The SMILES string of the molecule is COCCN1CCC(c2ccc(Nc3nc(-c4cnc5nccn5c4)cc4c3C(=O)[N]C=C4)cc2C)CC1. The molecule has 9 nitrogen and oxygen atoms in total. The first-order valence-electron chi connectivity index (χ1n) is 12.9. The third-order valence-electron chi connectivity index (χ3n) is 7.42. The second-order valence-electron chi connectivity index (χ2n) is 9.85. The second-order valence-corrected chi connectivity index (χ2v) is 9.85. The van der Waals surface area contributed by atoms with Crippen molar-refractivity contribution >= 4 is 29.3 Å². The van der Waals surface area contributed by atoms with E-state index in [-0.39, 0.29) is 5.91 Å². The van der Waals surface area contributed by atoms with Crippen LogP contribution in [-0.2, 0) is 4.74 Å². The minimum atomic E-state index is -0.305. The molecule has 2 aliphatic heterocycles. The lowest BCUT2D eigenvalue weighted by Crippen LogP contribution is -2.35. The number of aryl methyl sites for hydroxylation is 1. The van der Waals surface area contributed by atoms with E-state index in [0.29, 0.717) is 28.8 Å². The highest BCUT2D eigenvalue weighted by molar-refractivity contribution is 6.05. The molecule has 0 aliphatic carbocycles. The van der Waals surface area contributed by atoms with Crippen molar-refractivity contribution in [3.05, 3.63) is 77.5 Å². The molecule has 9 heteroatoms. The quantitative estimate of drug-likeness (QED) is 0.395. The molecular formula is C29H30N7O2. The maximum absolute atomic E-state index is 12.8. The van der Waals surface area contributed by atoms with E-state index in [4.69, 9.17) is 9.72 Å². The Morgan fingerprint density at radius 2 is 2.03 bits per heavy atom. The van der Waals surface area contributed by atoms with Crippen molar-refractivity contribution in [2.45, 2.75) is 25.7 Å². The number of aromatic nitrogens is 4. The van der Waals surface area contributed by atoms with Gasteiger partial charge in [0.25, 0.3) is 5.91 Å². The minimum Gasteiger partial charge on any atom is -0.383 e. The molecule has 193 valence electrons. The van der Waals surface area contributed by atoms with Crippen molar-refractivity contribution in [3.8, 4) is 11.3 Å². The van der Waals surface area contributed by atoms with Gasteiger partial charge >= 0.3 is 0 Å². The van der Waals surface area contributed by atoms with Gasteiger partial charge in [0.05, 0.1) is 17.9 Å². The fourth-order valence-electron chi connectivity index (χ4n) is 5.39. The number of ether oxygens (including phenoxy) is 1. The van der Waals surface area contributed by atoms with Crippen molar-refractivity contribution < 1.29 is 9.53 Å². The van der Waals surface area contributed by atoms with Crippen LogP contribution >= 0.6 is 0 Å². The number of likely N-dealkylation sites (tertiary alicyclic amines) is 1. The summed E-state index contributed by atoms with van der Waals surface area (Å²) < 4.78 is 7.08. The zero-order valence-corrected chi connectivity index (χ0v) is 21.6. The highest BCUT2D eigenvalue weighted by atomic mass is 16.5. The number of hydrogen-bond acceptors (Lipinski definition) is 7. The van der Waals surface area contributed by atoms with E-state index in [2.05, 4.69) is 50.6 Å². The molecule has 0 atom stereocenters. The first-order valence-corrected chi connectivity index (χ1v) is 12.9. The number of methoxy groups -OCH3 is 1. The van der Waals surface area contributed by atoms with Crippen molar-refractivity contribution in [2.24, 2.45) is 0 Å². The zero-order valence-electron chi connectivity index (χ0n) is 21.6. The molecule has 3 aromatic heterocycles. The summed E-state index contributed by atoms with van der Waals surface area (Å²) in [5, 5.41) is 7.41. The molecule has 0 saturated carbocycles. The number of amides is 1. The normalized spacial score (nSPS) is 16.0. The molecule has 1 fully saturated rings. The fraction of sp³-hybridized carbons (Fsp3) is 0.310. The highest BCUT2D eigenvalue weighted by Gasteiger charge is 2.24. The Bertz CT molecular complexity index is 1520. The summed E-state index contributed by atoms with van der Waals surface area (Å²) >= 11 is 0. The molecule has 1 N–H and O–H groups in total. The molecule has 6 rings (SSSR count). The van der Waals surface area contributed by atoms with Crippen LogP contribution in [0.5, 0.6) is 0 Å². The van der Waals surface area contributed by atoms with Crippen LogP contribution in [-0.4, -0.2) is 63.5 Å². The number of piperidine rings is 1. The fourth-order valence-corrected chi connectivity index (χ4v) is 5.39. The Hall–Kier alpha value is -4.08. The van der Waals surface area contributed by atoms with Gasteiger partial charge in [-0.05, 0) is 79.7 Å². The summed E-state index contributed by atoms with van der Waals surface area (Å²) in [5.74, 6) is 1.35. The molecular weight excluding hydrogens is 478 g/mol. The standard InChI is InChI=1S/C29H30N7O2/c1-19-15-23(3-4-24(19)20-6-10-35(11-7-20)13-14-38-2)33-27-26-21(5-8-30-28(26)37)16-25(34-27)22-17-32-29-31-9-12-36(29)18-22/h3-5,8-9,12,15-18,20H,6-7,10-11,13-14H2,1-2H3,(H,33,34). The van der Waals surface area contributed by atoms with Gasteiger partial charge in [-0.2, -0.15) is 0 Å². The topological polar surface area (TPSA) is 98.8 Å². The van der Waals surface area contributed by atoms with E-state index >= 15 is 0 Å². The summed E-state index contributed by atoms with van der Waals surface area (Å²) in [7, 11) is 1.76. The first kappa shape index (κ1) is 24.3. The smallest absolute Gasteiger partial charge is 0.281 e. The van der Waals surface area contributed by atoms with E-state index < -0.39 is 0 Å². The zero-order chi connectivity index (χ0) is 26.1. The van der Waals surface area contributed by atoms with Gasteiger partial charge in [0, 0.05) is 55.9 Å².